The Hall–Kier alpha value is -1.98. The number of fused-ring (bicyclic) bond motifs is 1. The van der Waals surface area contributed by atoms with Crippen LogP contribution in [0.15, 0.2) is 54.6 Å². The smallest absolute Gasteiger partial charge is 0.184 e. The predicted octanol–water partition coefficient (Wildman–Crippen LogP) is 7.04. The van der Waals surface area contributed by atoms with Gasteiger partial charge in [0.15, 0.2) is 6.29 Å². The molecule has 5 heteroatoms. The van der Waals surface area contributed by atoms with Crippen molar-refractivity contribution >= 4 is 22.4 Å². The maximum Gasteiger partial charge on any atom is 0.184 e. The molecule has 0 aromatic heterocycles. The minimum Gasteiger partial charge on any atom is -0.373 e. The molecule has 1 aliphatic heterocycles. The van der Waals surface area contributed by atoms with E-state index in [-0.39, 0.29) is 11.9 Å². The van der Waals surface area contributed by atoms with Crippen LogP contribution < -0.4 is 0 Å². The zero-order chi connectivity index (χ0) is 22.3. The van der Waals surface area contributed by atoms with Gasteiger partial charge in [0.25, 0.3) is 0 Å². The van der Waals surface area contributed by atoms with Crippen molar-refractivity contribution in [3.8, 4) is 0 Å². The van der Waals surface area contributed by atoms with Gasteiger partial charge in [-0.3, -0.25) is 0 Å². The van der Waals surface area contributed by atoms with Crippen LogP contribution in [0.3, 0.4) is 0 Å². The third-order valence-electron chi connectivity index (χ3n) is 5.89. The quantitative estimate of drug-likeness (QED) is 0.323. The maximum absolute atomic E-state index is 15.1. The fourth-order valence-corrected chi connectivity index (χ4v) is 4.13. The first-order chi connectivity index (χ1) is 15.6. The minimum absolute atomic E-state index is 0.0239. The van der Waals surface area contributed by atoms with Gasteiger partial charge in [0, 0.05) is 22.6 Å². The normalized spacial score (nSPS) is 18.8. The third-order valence-corrected chi connectivity index (χ3v) is 6.15. The number of aryl methyl sites for hydroxylation is 2. The van der Waals surface area contributed by atoms with E-state index in [1.165, 1.54) is 12.8 Å². The zero-order valence-corrected chi connectivity index (χ0v) is 19.2. The molecule has 0 unspecified atom stereocenters. The lowest BCUT2D eigenvalue weighted by molar-refractivity contribution is -0.230. The lowest BCUT2D eigenvalue weighted by Gasteiger charge is -2.29. The number of unbranched alkanes of at least 4 members (excludes halogenated alkanes) is 2. The summed E-state index contributed by atoms with van der Waals surface area (Å²) in [6.07, 6.45) is 4.35. The summed E-state index contributed by atoms with van der Waals surface area (Å²) in [7, 11) is 0. The van der Waals surface area contributed by atoms with Gasteiger partial charge in [-0.25, -0.2) is 4.39 Å². The molecule has 0 radical (unpaired) electrons. The fourth-order valence-electron chi connectivity index (χ4n) is 4.00. The molecule has 170 valence electrons. The second-order valence-electron chi connectivity index (χ2n) is 8.34. The highest BCUT2D eigenvalue weighted by molar-refractivity contribution is 6.30. The van der Waals surface area contributed by atoms with Gasteiger partial charge in [-0.05, 0) is 54.0 Å². The Kier molecular flexibility index (Phi) is 8.15. The summed E-state index contributed by atoms with van der Waals surface area (Å²) in [6, 6.07) is 17.2. The fraction of sp³-hybridized carbons (Fsp3) is 0.407. The molecular formula is C27H30ClFO3. The van der Waals surface area contributed by atoms with Gasteiger partial charge >= 0.3 is 0 Å². The first-order valence-electron chi connectivity index (χ1n) is 11.4. The molecule has 3 aromatic rings. The number of rotatable bonds is 9. The Morgan fingerprint density at radius 3 is 2.50 bits per heavy atom. The molecule has 0 saturated carbocycles. The standard InChI is InChI=1S/C27H30ClFO3/c1-2-3-4-15-30-24-17-31-27(32-18-24)22-11-14-25-21(16-22)10-9-20(26(25)29)8-5-19-6-12-23(28)13-7-19/h6-7,9-14,16,24,27H,2-5,8,15,17-18H2,1H3. The van der Waals surface area contributed by atoms with E-state index in [9.17, 15) is 0 Å². The summed E-state index contributed by atoms with van der Waals surface area (Å²) in [4.78, 5) is 0. The predicted molar refractivity (Wildman–Crippen MR) is 127 cm³/mol. The lowest BCUT2D eigenvalue weighted by atomic mass is 9.99. The zero-order valence-electron chi connectivity index (χ0n) is 18.5. The summed E-state index contributed by atoms with van der Waals surface area (Å²) in [5, 5.41) is 2.18. The molecule has 1 aliphatic rings. The molecule has 1 heterocycles. The van der Waals surface area contributed by atoms with Crippen molar-refractivity contribution in [2.45, 2.75) is 51.4 Å². The molecule has 0 atom stereocenters. The maximum atomic E-state index is 15.1. The summed E-state index contributed by atoms with van der Waals surface area (Å²) < 4.78 is 32.7. The number of hydrogen-bond acceptors (Lipinski definition) is 3. The van der Waals surface area contributed by atoms with Crippen LogP contribution in [0, 0.1) is 5.82 Å². The average molecular weight is 457 g/mol. The second kappa shape index (κ2) is 11.2. The van der Waals surface area contributed by atoms with Gasteiger partial charge in [-0.15, -0.1) is 0 Å². The van der Waals surface area contributed by atoms with Gasteiger partial charge in [0.1, 0.15) is 11.9 Å². The third kappa shape index (κ3) is 5.87. The molecule has 3 nitrogen and oxygen atoms in total. The van der Waals surface area contributed by atoms with Crippen molar-refractivity contribution in [2.24, 2.45) is 0 Å². The van der Waals surface area contributed by atoms with Crippen molar-refractivity contribution in [3.63, 3.8) is 0 Å². The topological polar surface area (TPSA) is 27.7 Å². The molecule has 4 rings (SSSR count). The van der Waals surface area contributed by atoms with Gasteiger partial charge in [-0.1, -0.05) is 67.8 Å². The van der Waals surface area contributed by atoms with E-state index in [1.54, 1.807) is 0 Å². The average Bonchev–Trinajstić information content (AvgIpc) is 2.83. The molecule has 0 N–H and O–H groups in total. The van der Waals surface area contributed by atoms with Crippen molar-refractivity contribution in [1.82, 2.24) is 0 Å². The molecule has 32 heavy (non-hydrogen) atoms. The van der Waals surface area contributed by atoms with Crippen LogP contribution in [-0.2, 0) is 27.1 Å². The second-order valence-corrected chi connectivity index (χ2v) is 8.78. The molecule has 3 aromatic carbocycles. The Morgan fingerprint density at radius 2 is 1.75 bits per heavy atom. The summed E-state index contributed by atoms with van der Waals surface area (Å²) in [5.41, 5.74) is 2.76. The molecule has 0 aliphatic carbocycles. The largest absolute Gasteiger partial charge is 0.373 e. The number of hydrogen-bond donors (Lipinski definition) is 0. The van der Waals surface area contributed by atoms with E-state index in [1.807, 2.05) is 54.6 Å². The van der Waals surface area contributed by atoms with Crippen molar-refractivity contribution in [2.75, 3.05) is 19.8 Å². The molecule has 1 fully saturated rings. The van der Waals surface area contributed by atoms with Gasteiger partial charge in [-0.2, -0.15) is 0 Å². The van der Waals surface area contributed by atoms with E-state index < -0.39 is 6.29 Å². The Balaban J connectivity index is 1.37. The van der Waals surface area contributed by atoms with Gasteiger partial charge < -0.3 is 14.2 Å². The van der Waals surface area contributed by atoms with Crippen LogP contribution in [-0.4, -0.2) is 25.9 Å². The van der Waals surface area contributed by atoms with Crippen LogP contribution in [0.25, 0.3) is 10.8 Å². The van der Waals surface area contributed by atoms with Crippen LogP contribution in [0.4, 0.5) is 4.39 Å². The molecule has 0 amide bonds. The molecule has 0 spiro atoms. The summed E-state index contributed by atoms with van der Waals surface area (Å²) >= 11 is 5.94. The van der Waals surface area contributed by atoms with Crippen LogP contribution in [0.2, 0.25) is 5.02 Å². The summed E-state index contributed by atoms with van der Waals surface area (Å²) in [5.74, 6) is -0.158. The van der Waals surface area contributed by atoms with Crippen molar-refractivity contribution in [1.29, 1.82) is 0 Å². The minimum atomic E-state index is -0.442. The molecular weight excluding hydrogens is 427 g/mol. The van der Waals surface area contributed by atoms with E-state index in [2.05, 4.69) is 6.92 Å². The monoisotopic (exact) mass is 456 g/mol. The molecule has 0 bridgehead atoms. The molecule has 1 saturated heterocycles. The van der Waals surface area contributed by atoms with Crippen LogP contribution >= 0.6 is 11.6 Å². The van der Waals surface area contributed by atoms with Crippen LogP contribution in [0.1, 0.15) is 49.2 Å². The van der Waals surface area contributed by atoms with Crippen molar-refractivity contribution in [3.05, 3.63) is 82.1 Å². The Labute approximate surface area is 194 Å². The highest BCUT2D eigenvalue weighted by Gasteiger charge is 2.24. The summed E-state index contributed by atoms with van der Waals surface area (Å²) in [6.45, 7) is 3.93. The van der Waals surface area contributed by atoms with Crippen LogP contribution in [0.5, 0.6) is 0 Å². The van der Waals surface area contributed by atoms with Gasteiger partial charge in [0.2, 0.25) is 0 Å². The van der Waals surface area contributed by atoms with E-state index in [0.29, 0.717) is 35.6 Å². The van der Waals surface area contributed by atoms with Gasteiger partial charge in [0.05, 0.1) is 13.2 Å². The first kappa shape index (κ1) is 23.2. The van der Waals surface area contributed by atoms with Crippen molar-refractivity contribution < 1.29 is 18.6 Å². The highest BCUT2D eigenvalue weighted by atomic mass is 35.5. The van der Waals surface area contributed by atoms with E-state index in [0.717, 1.165) is 36.0 Å². The first-order valence-corrected chi connectivity index (χ1v) is 11.8. The number of benzene rings is 3. The SMILES string of the molecule is CCCCCOC1COC(c2ccc3c(F)c(CCc4ccc(Cl)cc4)ccc3c2)OC1. The highest BCUT2D eigenvalue weighted by Crippen LogP contribution is 2.29. The van der Waals surface area contributed by atoms with E-state index >= 15 is 4.39 Å². The Morgan fingerprint density at radius 1 is 0.969 bits per heavy atom. The number of ether oxygens (including phenoxy) is 3. The number of halogens is 2. The lowest BCUT2D eigenvalue weighted by Crippen LogP contribution is -2.33. The van der Waals surface area contributed by atoms with E-state index in [4.69, 9.17) is 25.8 Å². The Bertz CT molecular complexity index is 1010.